The van der Waals surface area contributed by atoms with Crippen molar-refractivity contribution in [2.75, 3.05) is 0 Å². The van der Waals surface area contributed by atoms with Crippen LogP contribution in [-0.2, 0) is 0 Å². The Morgan fingerprint density at radius 1 is 0.722 bits per heavy atom. The maximum absolute atomic E-state index is 10.1. The topological polar surface area (TPSA) is 60.7 Å². The molecule has 0 saturated carbocycles. The van der Waals surface area contributed by atoms with Crippen molar-refractivity contribution >= 4 is 0 Å². The van der Waals surface area contributed by atoms with Crippen molar-refractivity contribution < 1.29 is 15.3 Å². The lowest BCUT2D eigenvalue weighted by molar-refractivity contribution is 0.366. The Labute approximate surface area is 106 Å². The Balaban J connectivity index is 2.85. The van der Waals surface area contributed by atoms with Gasteiger partial charge < -0.3 is 15.3 Å². The average Bonchev–Trinajstić information content (AvgIpc) is 2.36. The Morgan fingerprint density at radius 3 is 1.94 bits per heavy atom. The van der Waals surface area contributed by atoms with E-state index in [2.05, 4.69) is 0 Å². The molecule has 94 valence electrons. The van der Waals surface area contributed by atoms with E-state index < -0.39 is 5.75 Å². The van der Waals surface area contributed by atoms with E-state index in [9.17, 15) is 15.3 Å². The van der Waals surface area contributed by atoms with Crippen LogP contribution in [-0.4, -0.2) is 15.3 Å². The summed E-state index contributed by atoms with van der Waals surface area (Å²) < 4.78 is 0. The summed E-state index contributed by atoms with van der Waals surface area (Å²) in [5.74, 6) is -0.997. The summed E-state index contributed by atoms with van der Waals surface area (Å²) in [5.41, 5.74) is 3.76. The van der Waals surface area contributed by atoms with Gasteiger partial charge in [-0.1, -0.05) is 24.3 Å². The Hall–Kier alpha value is -2.16. The molecule has 3 heteroatoms. The van der Waals surface area contributed by atoms with Gasteiger partial charge in [0.2, 0.25) is 5.75 Å². The van der Waals surface area contributed by atoms with Crippen molar-refractivity contribution in [2.45, 2.75) is 20.8 Å². The zero-order valence-electron chi connectivity index (χ0n) is 10.7. The summed E-state index contributed by atoms with van der Waals surface area (Å²) >= 11 is 0. The van der Waals surface area contributed by atoms with Gasteiger partial charge in [0.25, 0.3) is 0 Å². The molecule has 0 heterocycles. The Bertz CT molecular complexity index is 586. The average molecular weight is 244 g/mol. The predicted molar refractivity (Wildman–Crippen MR) is 71.1 cm³/mol. The molecule has 0 aliphatic carbocycles. The molecule has 0 aliphatic rings. The van der Waals surface area contributed by atoms with E-state index in [0.29, 0.717) is 11.1 Å². The van der Waals surface area contributed by atoms with Crippen LogP contribution in [0, 0.1) is 20.8 Å². The van der Waals surface area contributed by atoms with Gasteiger partial charge in [0, 0.05) is 5.56 Å². The van der Waals surface area contributed by atoms with Crippen LogP contribution in [0.2, 0.25) is 0 Å². The molecule has 2 rings (SSSR count). The van der Waals surface area contributed by atoms with Gasteiger partial charge in [-0.15, -0.1) is 0 Å². The lowest BCUT2D eigenvalue weighted by Gasteiger charge is -2.16. The normalized spacial score (nSPS) is 10.6. The van der Waals surface area contributed by atoms with E-state index in [0.717, 1.165) is 16.7 Å². The second-order valence-corrected chi connectivity index (χ2v) is 4.49. The molecule has 0 aliphatic heterocycles. The maximum atomic E-state index is 10.1. The minimum atomic E-state index is -0.462. The fraction of sp³-hybridized carbons (Fsp3) is 0.200. The van der Waals surface area contributed by atoms with Crippen molar-refractivity contribution in [1.29, 1.82) is 0 Å². The smallest absolute Gasteiger partial charge is 0.201 e. The van der Waals surface area contributed by atoms with Gasteiger partial charge in [0.05, 0.1) is 0 Å². The number of benzene rings is 2. The van der Waals surface area contributed by atoms with Crippen molar-refractivity contribution in [1.82, 2.24) is 0 Å². The Morgan fingerprint density at radius 2 is 1.33 bits per heavy atom. The molecular formula is C15H16O3. The number of hydrogen-bond acceptors (Lipinski definition) is 3. The quantitative estimate of drug-likeness (QED) is 0.674. The first-order valence-corrected chi connectivity index (χ1v) is 5.75. The SMILES string of the molecule is Cc1ccccc1-c1c(C)c(C)c(O)c(O)c1O. The van der Waals surface area contributed by atoms with E-state index in [4.69, 9.17) is 0 Å². The molecular weight excluding hydrogens is 228 g/mol. The number of phenols is 3. The maximum Gasteiger partial charge on any atom is 0.201 e. The monoisotopic (exact) mass is 244 g/mol. The standard InChI is InChI=1S/C15H16O3/c1-8-6-4-5-7-11(8)12-9(2)10(3)13(16)15(18)14(12)17/h4-7,16-18H,1-3H3. The van der Waals surface area contributed by atoms with Gasteiger partial charge >= 0.3 is 0 Å². The van der Waals surface area contributed by atoms with Crippen LogP contribution in [0.15, 0.2) is 24.3 Å². The van der Waals surface area contributed by atoms with Crippen molar-refractivity contribution in [3.05, 3.63) is 41.0 Å². The van der Waals surface area contributed by atoms with E-state index >= 15 is 0 Å². The Kier molecular flexibility index (Phi) is 2.91. The highest BCUT2D eigenvalue weighted by Crippen LogP contribution is 2.47. The molecule has 0 bridgehead atoms. The van der Waals surface area contributed by atoms with E-state index in [-0.39, 0.29) is 11.5 Å². The van der Waals surface area contributed by atoms with Crippen molar-refractivity contribution in [3.63, 3.8) is 0 Å². The van der Waals surface area contributed by atoms with E-state index in [1.165, 1.54) is 0 Å². The molecule has 0 radical (unpaired) electrons. The lowest BCUT2D eigenvalue weighted by atomic mass is 9.92. The van der Waals surface area contributed by atoms with Gasteiger partial charge in [-0.3, -0.25) is 0 Å². The number of hydrogen-bond donors (Lipinski definition) is 3. The van der Waals surface area contributed by atoms with Gasteiger partial charge in [-0.2, -0.15) is 0 Å². The lowest BCUT2D eigenvalue weighted by Crippen LogP contribution is -1.92. The third-order valence-electron chi connectivity index (χ3n) is 3.39. The third kappa shape index (κ3) is 1.68. The highest BCUT2D eigenvalue weighted by Gasteiger charge is 2.20. The first-order chi connectivity index (χ1) is 8.45. The summed E-state index contributed by atoms with van der Waals surface area (Å²) in [7, 11) is 0. The molecule has 0 aromatic heterocycles. The molecule has 0 amide bonds. The predicted octanol–water partition coefficient (Wildman–Crippen LogP) is 3.40. The minimum absolute atomic E-state index is 0.262. The van der Waals surface area contributed by atoms with E-state index in [1.807, 2.05) is 38.1 Å². The number of aryl methyl sites for hydroxylation is 1. The summed E-state index contributed by atoms with van der Waals surface area (Å²) in [5, 5.41) is 29.5. The molecule has 18 heavy (non-hydrogen) atoms. The molecule has 3 N–H and O–H groups in total. The molecule has 3 nitrogen and oxygen atoms in total. The molecule has 0 unspecified atom stereocenters. The summed E-state index contributed by atoms with van der Waals surface area (Å²) in [4.78, 5) is 0. The van der Waals surface area contributed by atoms with Crippen LogP contribution in [0.5, 0.6) is 17.2 Å². The zero-order chi connectivity index (χ0) is 13.4. The zero-order valence-corrected chi connectivity index (χ0v) is 10.7. The molecule has 2 aromatic rings. The number of aromatic hydroxyl groups is 3. The molecule has 0 fully saturated rings. The third-order valence-corrected chi connectivity index (χ3v) is 3.39. The highest BCUT2D eigenvalue weighted by atomic mass is 16.3. The summed E-state index contributed by atoms with van der Waals surface area (Å²) in [6, 6.07) is 7.61. The van der Waals surface area contributed by atoms with Crippen LogP contribution < -0.4 is 0 Å². The van der Waals surface area contributed by atoms with Crippen LogP contribution in [0.4, 0.5) is 0 Å². The van der Waals surface area contributed by atoms with Gasteiger partial charge in [-0.25, -0.2) is 0 Å². The summed E-state index contributed by atoms with van der Waals surface area (Å²) in [6.45, 7) is 5.47. The van der Waals surface area contributed by atoms with Crippen molar-refractivity contribution in [2.24, 2.45) is 0 Å². The van der Waals surface area contributed by atoms with Gasteiger partial charge in [0.15, 0.2) is 11.5 Å². The van der Waals surface area contributed by atoms with Crippen LogP contribution >= 0.6 is 0 Å². The van der Waals surface area contributed by atoms with E-state index in [1.54, 1.807) is 6.92 Å². The van der Waals surface area contributed by atoms with Crippen LogP contribution in [0.3, 0.4) is 0 Å². The fourth-order valence-electron chi connectivity index (χ4n) is 2.13. The minimum Gasteiger partial charge on any atom is -0.504 e. The van der Waals surface area contributed by atoms with Gasteiger partial charge in [-0.05, 0) is 43.0 Å². The fourth-order valence-corrected chi connectivity index (χ4v) is 2.13. The number of phenolic OH excluding ortho intramolecular Hbond substituents is 3. The van der Waals surface area contributed by atoms with Crippen LogP contribution in [0.1, 0.15) is 16.7 Å². The van der Waals surface area contributed by atoms with Gasteiger partial charge in [0.1, 0.15) is 0 Å². The highest BCUT2D eigenvalue weighted by molar-refractivity contribution is 5.82. The molecule has 0 atom stereocenters. The molecule has 2 aromatic carbocycles. The van der Waals surface area contributed by atoms with Crippen LogP contribution in [0.25, 0.3) is 11.1 Å². The summed E-state index contributed by atoms with van der Waals surface area (Å²) in [6.07, 6.45) is 0. The first kappa shape index (κ1) is 12.3. The second kappa shape index (κ2) is 4.26. The molecule has 0 spiro atoms. The van der Waals surface area contributed by atoms with Crippen molar-refractivity contribution in [3.8, 4) is 28.4 Å². The number of rotatable bonds is 1. The largest absolute Gasteiger partial charge is 0.504 e. The molecule has 0 saturated heterocycles. The second-order valence-electron chi connectivity index (χ2n) is 4.49. The first-order valence-electron chi connectivity index (χ1n) is 5.75.